The number of hydrogen-bond acceptors (Lipinski definition) is 6. The average molecular weight is 383 g/mol. The van der Waals surface area contributed by atoms with Gasteiger partial charge in [0, 0.05) is 18.3 Å². The summed E-state index contributed by atoms with van der Waals surface area (Å²) in [6, 6.07) is 12.1. The average Bonchev–Trinajstić information content (AvgIpc) is 2.68. The molecule has 0 bridgehead atoms. The maximum Gasteiger partial charge on any atom is 0.319 e. The molecule has 144 valence electrons. The highest BCUT2D eigenvalue weighted by Crippen LogP contribution is 2.36. The molecule has 0 unspecified atom stereocenters. The van der Waals surface area contributed by atoms with E-state index in [9.17, 15) is 19.6 Å². The number of phenols is 1. The molecule has 28 heavy (non-hydrogen) atoms. The molecule has 0 amide bonds. The minimum atomic E-state index is -0.584. The summed E-state index contributed by atoms with van der Waals surface area (Å²) >= 11 is 0. The fourth-order valence-corrected chi connectivity index (χ4v) is 2.79. The van der Waals surface area contributed by atoms with Gasteiger partial charge in [0.1, 0.15) is 5.82 Å². The van der Waals surface area contributed by atoms with E-state index in [4.69, 9.17) is 4.74 Å². The topological polar surface area (TPSA) is 97.5 Å². The number of nitrogens with zero attached hydrogens (tertiary/aromatic N) is 2. The van der Waals surface area contributed by atoms with Crippen molar-refractivity contribution < 1.29 is 19.2 Å². The first-order valence-electron chi connectivity index (χ1n) is 8.58. The predicted molar refractivity (Wildman–Crippen MR) is 103 cm³/mol. The van der Waals surface area contributed by atoms with E-state index in [1.54, 1.807) is 25.1 Å². The van der Waals surface area contributed by atoms with Gasteiger partial charge in [-0.2, -0.15) is 0 Å². The van der Waals surface area contributed by atoms with E-state index in [2.05, 4.69) is 10.3 Å². The first-order chi connectivity index (χ1) is 13.5. The third kappa shape index (κ3) is 4.01. The third-order valence-electron chi connectivity index (χ3n) is 4.05. The molecule has 2 N–H and O–H groups in total. The van der Waals surface area contributed by atoms with Crippen molar-refractivity contribution in [1.29, 1.82) is 0 Å². The molecular weight excluding hydrogens is 365 g/mol. The van der Waals surface area contributed by atoms with Gasteiger partial charge in [-0.15, -0.1) is 0 Å². The molecule has 8 heteroatoms. The van der Waals surface area contributed by atoms with Crippen molar-refractivity contribution in [2.75, 3.05) is 11.9 Å². The summed E-state index contributed by atoms with van der Waals surface area (Å²) in [5.41, 5.74) is 0.689. The van der Waals surface area contributed by atoms with E-state index >= 15 is 0 Å². The Morgan fingerprint density at radius 3 is 2.71 bits per heavy atom. The fraction of sp³-hybridized carbons (Fsp3) is 0.150. The molecular formula is C20H18FN3O4. The highest BCUT2D eigenvalue weighted by atomic mass is 19.1. The fourth-order valence-electron chi connectivity index (χ4n) is 2.79. The van der Waals surface area contributed by atoms with Gasteiger partial charge >= 0.3 is 5.69 Å². The first-order valence-corrected chi connectivity index (χ1v) is 8.58. The Labute approximate surface area is 160 Å². The van der Waals surface area contributed by atoms with E-state index in [1.165, 1.54) is 36.5 Å². The molecule has 0 aliphatic carbocycles. The zero-order chi connectivity index (χ0) is 20.1. The van der Waals surface area contributed by atoms with Crippen LogP contribution in [-0.4, -0.2) is 21.6 Å². The molecule has 0 aliphatic heterocycles. The lowest BCUT2D eigenvalue weighted by molar-refractivity contribution is -0.383. The monoisotopic (exact) mass is 383 g/mol. The molecule has 0 radical (unpaired) electrons. The summed E-state index contributed by atoms with van der Waals surface area (Å²) < 4.78 is 19.5. The number of hydrogen-bond donors (Lipinski definition) is 2. The van der Waals surface area contributed by atoms with Crippen LogP contribution in [0.4, 0.5) is 15.9 Å². The van der Waals surface area contributed by atoms with E-state index in [0.29, 0.717) is 12.4 Å². The van der Waals surface area contributed by atoms with Crippen LogP contribution in [0.1, 0.15) is 12.5 Å². The molecule has 7 nitrogen and oxygen atoms in total. The number of benzene rings is 2. The van der Waals surface area contributed by atoms with Crippen molar-refractivity contribution in [3.8, 4) is 22.6 Å². The number of aromatic nitrogens is 1. The van der Waals surface area contributed by atoms with Crippen molar-refractivity contribution in [1.82, 2.24) is 4.98 Å². The number of halogens is 1. The zero-order valence-electron chi connectivity index (χ0n) is 15.1. The molecule has 3 rings (SSSR count). The van der Waals surface area contributed by atoms with Crippen LogP contribution < -0.4 is 10.1 Å². The molecule has 0 saturated heterocycles. The number of aromatic hydroxyl groups is 1. The minimum absolute atomic E-state index is 0.0104. The smallest absolute Gasteiger partial charge is 0.319 e. The Morgan fingerprint density at radius 2 is 2.00 bits per heavy atom. The Balaban J connectivity index is 1.93. The summed E-state index contributed by atoms with van der Waals surface area (Å²) in [4.78, 5) is 15.1. The number of nitrogens with one attached hydrogen (secondary N) is 1. The quantitative estimate of drug-likeness (QED) is 0.460. The van der Waals surface area contributed by atoms with Gasteiger partial charge in [-0.25, -0.2) is 9.37 Å². The van der Waals surface area contributed by atoms with Crippen molar-refractivity contribution >= 4 is 11.5 Å². The maximum absolute atomic E-state index is 14.2. The van der Waals surface area contributed by atoms with Crippen LogP contribution >= 0.6 is 0 Å². The van der Waals surface area contributed by atoms with Crippen LogP contribution in [0, 0.1) is 15.9 Å². The predicted octanol–water partition coefficient (Wildman–Crippen LogP) is 4.51. The van der Waals surface area contributed by atoms with Gasteiger partial charge in [0.25, 0.3) is 0 Å². The number of nitro groups is 1. The van der Waals surface area contributed by atoms with Crippen LogP contribution in [0.2, 0.25) is 0 Å². The van der Waals surface area contributed by atoms with Crippen LogP contribution in [0.25, 0.3) is 11.1 Å². The number of phenolic OH excluding ortho intramolecular Hbond substituents is 1. The van der Waals surface area contributed by atoms with Crippen LogP contribution in [0.5, 0.6) is 11.5 Å². The first kappa shape index (κ1) is 19.1. The summed E-state index contributed by atoms with van der Waals surface area (Å²) in [7, 11) is 0. The largest absolute Gasteiger partial charge is 0.504 e. The van der Waals surface area contributed by atoms with Crippen molar-refractivity contribution in [3.05, 3.63) is 76.2 Å². The number of anilines is 1. The summed E-state index contributed by atoms with van der Waals surface area (Å²) in [5, 5.41) is 24.4. The van der Waals surface area contributed by atoms with Gasteiger partial charge in [0.05, 0.1) is 17.1 Å². The molecule has 0 aliphatic rings. The number of rotatable bonds is 7. The number of pyridine rings is 1. The van der Waals surface area contributed by atoms with Gasteiger partial charge in [-0.05, 0) is 36.8 Å². The summed E-state index contributed by atoms with van der Waals surface area (Å²) in [6.45, 7) is 2.39. The van der Waals surface area contributed by atoms with Gasteiger partial charge in [-0.3, -0.25) is 10.1 Å². The highest BCUT2D eigenvalue weighted by Gasteiger charge is 2.23. The second-order valence-corrected chi connectivity index (χ2v) is 5.88. The molecule has 1 heterocycles. The Hall–Kier alpha value is -3.68. The van der Waals surface area contributed by atoms with Gasteiger partial charge in [-0.1, -0.05) is 24.3 Å². The summed E-state index contributed by atoms with van der Waals surface area (Å²) in [5.74, 6) is -0.194. The zero-order valence-corrected chi connectivity index (χ0v) is 15.1. The van der Waals surface area contributed by atoms with Gasteiger partial charge in [0.15, 0.2) is 11.5 Å². The highest BCUT2D eigenvalue weighted by molar-refractivity contribution is 5.80. The maximum atomic E-state index is 14.2. The molecule has 0 spiro atoms. The molecule has 2 aromatic carbocycles. The molecule has 1 aromatic heterocycles. The molecule has 0 atom stereocenters. The lowest BCUT2D eigenvalue weighted by Gasteiger charge is -2.11. The number of ether oxygens (including phenoxy) is 1. The van der Waals surface area contributed by atoms with E-state index in [0.717, 1.165) is 5.56 Å². The van der Waals surface area contributed by atoms with Crippen molar-refractivity contribution in [2.24, 2.45) is 0 Å². The Bertz CT molecular complexity index is 1010. The molecule has 0 fully saturated rings. The van der Waals surface area contributed by atoms with Gasteiger partial charge in [0.2, 0.25) is 5.82 Å². The van der Waals surface area contributed by atoms with E-state index in [1.807, 2.05) is 0 Å². The molecule has 3 aromatic rings. The van der Waals surface area contributed by atoms with Crippen LogP contribution in [-0.2, 0) is 6.54 Å². The van der Waals surface area contributed by atoms with Crippen LogP contribution in [0.15, 0.2) is 54.7 Å². The van der Waals surface area contributed by atoms with Crippen LogP contribution in [0.3, 0.4) is 0 Å². The normalized spacial score (nSPS) is 10.5. The van der Waals surface area contributed by atoms with Gasteiger partial charge < -0.3 is 15.2 Å². The van der Waals surface area contributed by atoms with Crippen molar-refractivity contribution in [2.45, 2.75) is 13.5 Å². The second-order valence-electron chi connectivity index (χ2n) is 5.88. The lowest BCUT2D eigenvalue weighted by atomic mass is 10.0. The summed E-state index contributed by atoms with van der Waals surface area (Å²) in [6.07, 6.45) is 1.39. The SMILES string of the molecule is CCOc1cc(CNc2nccc(-c3ccccc3F)c2[N+](=O)[O-])ccc1O. The van der Waals surface area contributed by atoms with Crippen molar-refractivity contribution in [3.63, 3.8) is 0 Å². The lowest BCUT2D eigenvalue weighted by Crippen LogP contribution is -2.06. The van der Waals surface area contributed by atoms with E-state index in [-0.39, 0.29) is 34.9 Å². The van der Waals surface area contributed by atoms with E-state index < -0.39 is 10.7 Å². The Kier molecular flexibility index (Phi) is 5.69. The Morgan fingerprint density at radius 1 is 1.21 bits per heavy atom. The third-order valence-corrected chi connectivity index (χ3v) is 4.05. The molecule has 0 saturated carbocycles. The standard InChI is InChI=1S/C20H18FN3O4/c1-2-28-18-11-13(7-8-17(18)25)12-23-20-19(24(26)27)15(9-10-22-20)14-5-3-4-6-16(14)21/h3-11,25H,2,12H2,1H3,(H,22,23). The second kappa shape index (κ2) is 8.34. The minimum Gasteiger partial charge on any atom is -0.504 e.